The van der Waals surface area contributed by atoms with Crippen LogP contribution in [-0.4, -0.2) is 6.36 Å². The van der Waals surface area contributed by atoms with Gasteiger partial charge in [-0.05, 0) is 52.7 Å². The predicted molar refractivity (Wildman–Crippen MR) is 76.5 cm³/mol. The highest BCUT2D eigenvalue weighted by molar-refractivity contribution is 9.10. The Balaban J connectivity index is 2.34. The minimum absolute atomic E-state index is 0.0419. The highest BCUT2D eigenvalue weighted by Crippen LogP contribution is 2.38. The van der Waals surface area contributed by atoms with Crippen molar-refractivity contribution in [2.75, 3.05) is 5.73 Å². The quantitative estimate of drug-likeness (QED) is 0.779. The highest BCUT2D eigenvalue weighted by Gasteiger charge is 2.32. The summed E-state index contributed by atoms with van der Waals surface area (Å²) >= 11 is 3.26. The van der Waals surface area contributed by atoms with Crippen LogP contribution in [0, 0.1) is 6.92 Å². The van der Waals surface area contributed by atoms with E-state index in [9.17, 15) is 13.2 Å². The van der Waals surface area contributed by atoms with Gasteiger partial charge in [0, 0.05) is 5.69 Å². The summed E-state index contributed by atoms with van der Waals surface area (Å²) < 4.78 is 47.0. The number of aryl methyl sites for hydroxylation is 1. The van der Waals surface area contributed by atoms with Crippen LogP contribution in [-0.2, 0) is 0 Å². The van der Waals surface area contributed by atoms with Crippen LogP contribution in [0.1, 0.15) is 5.56 Å². The van der Waals surface area contributed by atoms with Crippen LogP contribution in [0.2, 0.25) is 0 Å². The fraction of sp³-hybridized carbons (Fsp3) is 0.143. The van der Waals surface area contributed by atoms with E-state index in [-0.39, 0.29) is 5.75 Å². The molecule has 21 heavy (non-hydrogen) atoms. The molecular formula is C14H11BrF3NO2. The van der Waals surface area contributed by atoms with Crippen LogP contribution in [0.5, 0.6) is 17.2 Å². The number of halogens is 4. The minimum atomic E-state index is -4.78. The largest absolute Gasteiger partial charge is 0.573 e. The first-order valence-corrected chi connectivity index (χ1v) is 6.64. The van der Waals surface area contributed by atoms with Crippen molar-refractivity contribution < 1.29 is 22.6 Å². The maximum Gasteiger partial charge on any atom is 0.573 e. The summed E-state index contributed by atoms with van der Waals surface area (Å²) in [5, 5.41) is 0. The molecule has 0 aliphatic rings. The molecule has 0 atom stereocenters. The molecule has 3 nitrogen and oxygen atoms in total. The second kappa shape index (κ2) is 5.85. The predicted octanol–water partition coefficient (Wildman–Crippen LogP) is 5.03. The first-order valence-electron chi connectivity index (χ1n) is 5.84. The zero-order valence-electron chi connectivity index (χ0n) is 10.9. The van der Waals surface area contributed by atoms with Gasteiger partial charge in [0.05, 0.1) is 4.47 Å². The smallest absolute Gasteiger partial charge is 0.452 e. The van der Waals surface area contributed by atoms with Crippen molar-refractivity contribution in [2.24, 2.45) is 0 Å². The molecule has 0 spiro atoms. The highest BCUT2D eigenvalue weighted by atomic mass is 79.9. The normalized spacial score (nSPS) is 11.3. The van der Waals surface area contributed by atoms with Gasteiger partial charge in [-0.15, -0.1) is 13.2 Å². The van der Waals surface area contributed by atoms with E-state index in [2.05, 4.69) is 20.7 Å². The Morgan fingerprint density at radius 3 is 2.29 bits per heavy atom. The van der Waals surface area contributed by atoms with E-state index in [1.54, 1.807) is 25.1 Å². The summed E-state index contributed by atoms with van der Waals surface area (Å²) in [5.74, 6) is -0.106. The molecule has 2 aromatic carbocycles. The van der Waals surface area contributed by atoms with Gasteiger partial charge in [-0.1, -0.05) is 12.1 Å². The number of rotatable bonds is 3. The van der Waals surface area contributed by atoms with Gasteiger partial charge in [-0.3, -0.25) is 0 Å². The minimum Gasteiger partial charge on any atom is -0.452 e. The average molecular weight is 362 g/mol. The summed E-state index contributed by atoms with van der Waals surface area (Å²) in [6, 6.07) is 8.80. The second-order valence-electron chi connectivity index (χ2n) is 4.24. The van der Waals surface area contributed by atoms with Crippen LogP contribution in [0.4, 0.5) is 18.9 Å². The number of benzene rings is 2. The summed E-state index contributed by atoms with van der Waals surface area (Å²) in [6.07, 6.45) is -4.78. The van der Waals surface area contributed by atoms with Gasteiger partial charge in [0.25, 0.3) is 0 Å². The molecule has 2 rings (SSSR count). The lowest BCUT2D eigenvalue weighted by Gasteiger charge is -2.15. The van der Waals surface area contributed by atoms with E-state index >= 15 is 0 Å². The summed E-state index contributed by atoms with van der Waals surface area (Å²) in [6.45, 7) is 1.77. The summed E-state index contributed by atoms with van der Waals surface area (Å²) in [7, 11) is 0. The molecule has 0 aliphatic carbocycles. The molecule has 0 radical (unpaired) electrons. The average Bonchev–Trinajstić information content (AvgIpc) is 2.36. The molecule has 0 unspecified atom stereocenters. The van der Waals surface area contributed by atoms with Crippen molar-refractivity contribution in [3.8, 4) is 17.2 Å². The van der Waals surface area contributed by atoms with Crippen LogP contribution in [0.25, 0.3) is 0 Å². The molecule has 0 aliphatic heterocycles. The molecule has 7 heteroatoms. The topological polar surface area (TPSA) is 44.5 Å². The van der Waals surface area contributed by atoms with Crippen molar-refractivity contribution in [1.82, 2.24) is 0 Å². The Kier molecular flexibility index (Phi) is 4.32. The van der Waals surface area contributed by atoms with Gasteiger partial charge in [0.2, 0.25) is 0 Å². The van der Waals surface area contributed by atoms with Crippen molar-refractivity contribution in [1.29, 1.82) is 0 Å². The standard InChI is InChI=1S/C14H11BrF3NO2/c1-8-6-13(9(15)7-10(8)19)20-11-4-2-3-5-12(11)21-14(16,17)18/h2-7H,19H2,1H3. The molecule has 0 amide bonds. The van der Waals surface area contributed by atoms with Crippen LogP contribution in [0.15, 0.2) is 40.9 Å². The lowest BCUT2D eigenvalue weighted by molar-refractivity contribution is -0.275. The number of hydrogen-bond acceptors (Lipinski definition) is 3. The Morgan fingerprint density at radius 1 is 1.05 bits per heavy atom. The van der Waals surface area contributed by atoms with E-state index in [0.717, 1.165) is 5.56 Å². The fourth-order valence-corrected chi connectivity index (χ4v) is 2.05. The van der Waals surface area contributed by atoms with Gasteiger partial charge >= 0.3 is 6.36 Å². The van der Waals surface area contributed by atoms with Crippen molar-refractivity contribution in [3.05, 3.63) is 46.4 Å². The number of nitrogen functional groups attached to an aromatic ring is 1. The summed E-state index contributed by atoms with van der Waals surface area (Å²) in [5.41, 5.74) is 7.04. The van der Waals surface area contributed by atoms with Crippen molar-refractivity contribution >= 4 is 21.6 Å². The summed E-state index contributed by atoms with van der Waals surface area (Å²) in [4.78, 5) is 0. The molecule has 0 saturated carbocycles. The van der Waals surface area contributed by atoms with Gasteiger partial charge in [0.15, 0.2) is 11.5 Å². The molecule has 0 saturated heterocycles. The first-order chi connectivity index (χ1) is 9.76. The molecule has 0 aromatic heterocycles. The van der Waals surface area contributed by atoms with Crippen LogP contribution < -0.4 is 15.2 Å². The van der Waals surface area contributed by atoms with E-state index in [1.807, 2.05) is 0 Å². The van der Waals surface area contributed by atoms with E-state index in [1.165, 1.54) is 18.2 Å². The maximum atomic E-state index is 12.4. The van der Waals surface area contributed by atoms with Crippen LogP contribution in [0.3, 0.4) is 0 Å². The van der Waals surface area contributed by atoms with Gasteiger partial charge in [-0.2, -0.15) is 0 Å². The molecule has 112 valence electrons. The number of anilines is 1. The molecule has 2 aromatic rings. The zero-order valence-corrected chi connectivity index (χ0v) is 12.5. The monoisotopic (exact) mass is 361 g/mol. The van der Waals surface area contributed by atoms with Crippen molar-refractivity contribution in [3.63, 3.8) is 0 Å². The third-order valence-electron chi connectivity index (χ3n) is 2.62. The SMILES string of the molecule is Cc1cc(Oc2ccccc2OC(F)(F)F)c(Br)cc1N. The maximum absolute atomic E-state index is 12.4. The number of alkyl halides is 3. The van der Waals surface area contributed by atoms with E-state index < -0.39 is 12.1 Å². The number of hydrogen-bond donors (Lipinski definition) is 1. The molecule has 0 heterocycles. The lowest BCUT2D eigenvalue weighted by atomic mass is 10.2. The Labute approximate surface area is 127 Å². The van der Waals surface area contributed by atoms with E-state index in [0.29, 0.717) is 15.9 Å². The van der Waals surface area contributed by atoms with Gasteiger partial charge in [-0.25, -0.2) is 0 Å². The Morgan fingerprint density at radius 2 is 1.67 bits per heavy atom. The first kappa shape index (κ1) is 15.5. The molecule has 2 N–H and O–H groups in total. The fourth-order valence-electron chi connectivity index (χ4n) is 1.61. The number of nitrogens with two attached hydrogens (primary N) is 1. The number of para-hydroxylation sites is 2. The van der Waals surface area contributed by atoms with Crippen LogP contribution >= 0.6 is 15.9 Å². The third-order valence-corrected chi connectivity index (χ3v) is 3.24. The lowest BCUT2D eigenvalue weighted by Crippen LogP contribution is -2.17. The second-order valence-corrected chi connectivity index (χ2v) is 5.09. The van der Waals surface area contributed by atoms with E-state index in [4.69, 9.17) is 10.5 Å². The van der Waals surface area contributed by atoms with Gasteiger partial charge < -0.3 is 15.2 Å². The zero-order chi connectivity index (χ0) is 15.6. The molecule has 0 fully saturated rings. The molecule has 0 bridgehead atoms. The Hall–Kier alpha value is -1.89. The van der Waals surface area contributed by atoms with Gasteiger partial charge in [0.1, 0.15) is 5.75 Å². The number of ether oxygens (including phenoxy) is 2. The third kappa shape index (κ3) is 4.04. The van der Waals surface area contributed by atoms with Crippen molar-refractivity contribution in [2.45, 2.75) is 13.3 Å². The molecular weight excluding hydrogens is 351 g/mol. The Bertz CT molecular complexity index is 659.